The van der Waals surface area contributed by atoms with Gasteiger partial charge in [-0.3, -0.25) is 4.90 Å². The first-order chi connectivity index (χ1) is 7.83. The van der Waals surface area contributed by atoms with Gasteiger partial charge in [-0.1, -0.05) is 11.3 Å². The van der Waals surface area contributed by atoms with Gasteiger partial charge in [0.2, 0.25) is 5.13 Å². The maximum atomic E-state index is 4.19. The lowest BCUT2D eigenvalue weighted by Crippen LogP contribution is -2.35. The topological polar surface area (TPSA) is 32.3 Å². The Morgan fingerprint density at radius 1 is 1.19 bits per heavy atom. The third-order valence-corrected chi connectivity index (χ3v) is 4.90. The van der Waals surface area contributed by atoms with E-state index in [9.17, 15) is 0 Å². The fourth-order valence-electron chi connectivity index (χ4n) is 2.65. The van der Waals surface area contributed by atoms with Crippen LogP contribution >= 0.6 is 27.3 Å². The third kappa shape index (κ3) is 2.10. The average molecular weight is 303 g/mol. The Balaban J connectivity index is 1.64. The van der Waals surface area contributed by atoms with E-state index < -0.39 is 0 Å². The molecule has 0 aromatic carbocycles. The number of halogens is 1. The van der Waals surface area contributed by atoms with Crippen LogP contribution in [-0.2, 0) is 0 Å². The molecule has 2 aliphatic rings. The van der Waals surface area contributed by atoms with E-state index in [-0.39, 0.29) is 0 Å². The zero-order valence-corrected chi connectivity index (χ0v) is 11.5. The Labute approximate surface area is 108 Å². The molecule has 0 aliphatic carbocycles. The van der Waals surface area contributed by atoms with E-state index in [1.165, 1.54) is 32.4 Å². The number of hydrogen-bond donors (Lipinski definition) is 0. The van der Waals surface area contributed by atoms with E-state index >= 15 is 0 Å². The lowest BCUT2D eigenvalue weighted by atomic mass is 10.2. The lowest BCUT2D eigenvalue weighted by Gasteiger charge is -2.23. The minimum atomic E-state index is 0.741. The minimum Gasteiger partial charge on any atom is -0.345 e. The monoisotopic (exact) mass is 302 g/mol. The number of likely N-dealkylation sites (tertiary alicyclic amines) is 1. The highest BCUT2D eigenvalue weighted by Crippen LogP contribution is 2.29. The molecule has 0 radical (unpaired) electrons. The number of hydrogen-bond acceptors (Lipinski definition) is 5. The van der Waals surface area contributed by atoms with Gasteiger partial charge in [0.05, 0.1) is 0 Å². The van der Waals surface area contributed by atoms with Gasteiger partial charge in [0.25, 0.3) is 0 Å². The Kier molecular flexibility index (Phi) is 3.13. The third-order valence-electron chi connectivity index (χ3n) is 3.48. The highest BCUT2D eigenvalue weighted by atomic mass is 79.9. The smallest absolute Gasteiger partial charge is 0.209 e. The van der Waals surface area contributed by atoms with E-state index in [0.717, 1.165) is 28.2 Å². The molecule has 0 saturated carbocycles. The van der Waals surface area contributed by atoms with Crippen molar-refractivity contribution in [3.8, 4) is 0 Å². The summed E-state index contributed by atoms with van der Waals surface area (Å²) in [6.07, 6.45) is 4.03. The normalized spacial score (nSPS) is 26.8. The van der Waals surface area contributed by atoms with E-state index in [0.29, 0.717) is 0 Å². The van der Waals surface area contributed by atoms with Gasteiger partial charge in [-0.2, -0.15) is 0 Å². The fourth-order valence-corrected chi connectivity index (χ4v) is 3.77. The van der Waals surface area contributed by atoms with E-state index in [1.54, 1.807) is 11.3 Å². The van der Waals surface area contributed by atoms with Gasteiger partial charge in [0, 0.05) is 19.1 Å². The van der Waals surface area contributed by atoms with Crippen LogP contribution in [0.3, 0.4) is 0 Å². The minimum absolute atomic E-state index is 0.741. The van der Waals surface area contributed by atoms with E-state index in [2.05, 4.69) is 35.9 Å². The zero-order valence-electron chi connectivity index (χ0n) is 9.10. The summed E-state index contributed by atoms with van der Waals surface area (Å²) in [6, 6.07) is 0.741. The van der Waals surface area contributed by atoms with Gasteiger partial charge < -0.3 is 4.90 Å². The molecule has 88 valence electrons. The van der Waals surface area contributed by atoms with Crippen molar-refractivity contribution >= 4 is 32.4 Å². The van der Waals surface area contributed by atoms with Crippen LogP contribution in [0.2, 0.25) is 0 Å². The molecule has 1 aromatic heterocycles. The van der Waals surface area contributed by atoms with Crippen LogP contribution in [0.25, 0.3) is 0 Å². The number of rotatable bonds is 2. The quantitative estimate of drug-likeness (QED) is 0.836. The van der Waals surface area contributed by atoms with Crippen LogP contribution in [-0.4, -0.2) is 47.3 Å². The maximum absolute atomic E-state index is 4.19. The number of nitrogens with zero attached hydrogens (tertiary/aromatic N) is 4. The fraction of sp³-hybridized carbons (Fsp3) is 0.800. The lowest BCUT2D eigenvalue weighted by molar-refractivity contribution is 0.260. The van der Waals surface area contributed by atoms with E-state index in [4.69, 9.17) is 0 Å². The first kappa shape index (κ1) is 10.9. The van der Waals surface area contributed by atoms with Crippen molar-refractivity contribution in [2.45, 2.75) is 25.3 Å². The summed E-state index contributed by atoms with van der Waals surface area (Å²) in [5.74, 6) is 0. The molecule has 6 heteroatoms. The molecule has 2 aliphatic heterocycles. The Bertz CT molecular complexity index is 363. The molecular formula is C10H15BrN4S. The van der Waals surface area contributed by atoms with Crippen molar-refractivity contribution < 1.29 is 0 Å². The van der Waals surface area contributed by atoms with Crippen LogP contribution in [0.15, 0.2) is 3.92 Å². The Morgan fingerprint density at radius 2 is 2.00 bits per heavy atom. The first-order valence-electron chi connectivity index (χ1n) is 5.81. The van der Waals surface area contributed by atoms with Gasteiger partial charge in [-0.25, -0.2) is 0 Å². The van der Waals surface area contributed by atoms with Crippen molar-refractivity contribution in [2.75, 3.05) is 31.1 Å². The van der Waals surface area contributed by atoms with Crippen molar-refractivity contribution in [1.29, 1.82) is 0 Å². The summed E-state index contributed by atoms with van der Waals surface area (Å²) in [6.45, 7) is 4.83. The molecule has 2 fully saturated rings. The molecule has 0 amide bonds. The number of anilines is 1. The molecule has 3 heterocycles. The van der Waals surface area contributed by atoms with Crippen LogP contribution in [0.1, 0.15) is 19.3 Å². The predicted octanol–water partition coefficient (Wildman–Crippen LogP) is 1.98. The first-order valence-corrected chi connectivity index (χ1v) is 7.42. The maximum Gasteiger partial charge on any atom is 0.209 e. The van der Waals surface area contributed by atoms with E-state index in [1.807, 2.05) is 0 Å². The molecule has 4 nitrogen and oxygen atoms in total. The summed E-state index contributed by atoms with van der Waals surface area (Å²) in [5, 5.41) is 9.27. The number of aromatic nitrogens is 2. The zero-order chi connectivity index (χ0) is 11.0. The second kappa shape index (κ2) is 4.58. The van der Waals surface area contributed by atoms with Crippen LogP contribution in [0.4, 0.5) is 5.13 Å². The molecular weight excluding hydrogens is 288 g/mol. The average Bonchev–Trinajstić information content (AvgIpc) is 2.97. The Hall–Kier alpha value is -0.200. The highest BCUT2D eigenvalue weighted by Gasteiger charge is 2.30. The second-order valence-electron chi connectivity index (χ2n) is 4.47. The van der Waals surface area contributed by atoms with Crippen LogP contribution < -0.4 is 4.90 Å². The summed E-state index contributed by atoms with van der Waals surface area (Å²) in [7, 11) is 0. The molecule has 16 heavy (non-hydrogen) atoms. The molecule has 1 aromatic rings. The summed E-state index contributed by atoms with van der Waals surface area (Å²) in [5.41, 5.74) is 0. The van der Waals surface area contributed by atoms with Crippen molar-refractivity contribution in [3.05, 3.63) is 3.92 Å². The molecule has 2 saturated heterocycles. The standard InChI is InChI=1S/C10H15BrN4S/c11-9-12-13-10(16-9)15-6-3-8(7-15)14-4-1-2-5-14/h8H,1-7H2. The van der Waals surface area contributed by atoms with Gasteiger partial charge in [-0.05, 0) is 48.3 Å². The van der Waals surface area contributed by atoms with Gasteiger partial charge in [-0.15, -0.1) is 10.2 Å². The molecule has 0 bridgehead atoms. The summed E-state index contributed by atoms with van der Waals surface area (Å²) >= 11 is 5.00. The molecule has 1 unspecified atom stereocenters. The Morgan fingerprint density at radius 3 is 2.69 bits per heavy atom. The molecule has 1 atom stereocenters. The summed E-state index contributed by atoms with van der Waals surface area (Å²) in [4.78, 5) is 5.00. The molecule has 0 N–H and O–H groups in total. The van der Waals surface area contributed by atoms with Gasteiger partial charge >= 0.3 is 0 Å². The highest BCUT2D eigenvalue weighted by molar-refractivity contribution is 9.11. The largest absolute Gasteiger partial charge is 0.345 e. The van der Waals surface area contributed by atoms with Crippen molar-refractivity contribution in [1.82, 2.24) is 15.1 Å². The van der Waals surface area contributed by atoms with Crippen molar-refractivity contribution in [2.24, 2.45) is 0 Å². The SMILES string of the molecule is Brc1nnc(N2CCC(N3CCCC3)C2)s1. The molecule has 3 rings (SSSR count). The molecule has 0 spiro atoms. The van der Waals surface area contributed by atoms with Gasteiger partial charge in [0.1, 0.15) is 0 Å². The van der Waals surface area contributed by atoms with Crippen molar-refractivity contribution in [3.63, 3.8) is 0 Å². The van der Waals surface area contributed by atoms with Crippen LogP contribution in [0, 0.1) is 0 Å². The predicted molar refractivity (Wildman–Crippen MR) is 69.0 cm³/mol. The van der Waals surface area contributed by atoms with Crippen LogP contribution in [0.5, 0.6) is 0 Å². The summed E-state index contributed by atoms with van der Waals surface area (Å²) < 4.78 is 0.882. The van der Waals surface area contributed by atoms with Gasteiger partial charge in [0.15, 0.2) is 3.92 Å². The second-order valence-corrected chi connectivity index (χ2v) is 6.70.